The minimum Gasteiger partial charge on any atom is -0.464 e. The second-order valence-corrected chi connectivity index (χ2v) is 7.16. The summed E-state index contributed by atoms with van der Waals surface area (Å²) in [4.78, 5) is 20.5. The Bertz CT molecular complexity index is 1350. The second-order valence-electron chi connectivity index (χ2n) is 7.16. The quantitative estimate of drug-likeness (QED) is 0.411. The molecule has 0 saturated heterocycles. The number of ether oxygens (including phenoxy) is 1. The molecule has 0 spiro atoms. The van der Waals surface area contributed by atoms with Gasteiger partial charge in [0, 0.05) is 22.8 Å². The molecule has 0 fully saturated rings. The maximum atomic E-state index is 12.2. The molecule has 4 rings (SSSR count). The standard InChI is InChI=1S/C24H20N4O3/c1-16-12-14-25-23(26-16)24(2,30)13-11-17-7-6-8-18(15-17)28-20-10-5-4-9-19(20)21(27-28)22(29)31-3/h4-10,12,14-15,30H,1-3H3/t24-/m1/s1. The molecule has 2 aromatic heterocycles. The Morgan fingerprint density at radius 3 is 2.74 bits per heavy atom. The summed E-state index contributed by atoms with van der Waals surface area (Å²) in [6, 6.07) is 16.6. The van der Waals surface area contributed by atoms with Gasteiger partial charge in [-0.2, -0.15) is 5.10 Å². The normalized spacial score (nSPS) is 12.6. The molecule has 0 unspecified atom stereocenters. The molecular weight excluding hydrogens is 392 g/mol. The molecule has 31 heavy (non-hydrogen) atoms. The summed E-state index contributed by atoms with van der Waals surface area (Å²) < 4.78 is 6.54. The van der Waals surface area contributed by atoms with Gasteiger partial charge in [-0.3, -0.25) is 0 Å². The lowest BCUT2D eigenvalue weighted by Crippen LogP contribution is -2.22. The highest BCUT2D eigenvalue weighted by molar-refractivity contribution is 6.02. The number of aliphatic hydroxyl groups is 1. The van der Waals surface area contributed by atoms with Crippen molar-refractivity contribution in [2.75, 3.05) is 7.11 Å². The molecule has 0 aliphatic heterocycles. The zero-order valence-corrected chi connectivity index (χ0v) is 17.3. The molecule has 0 radical (unpaired) electrons. The summed E-state index contributed by atoms with van der Waals surface area (Å²) in [6.45, 7) is 3.39. The molecule has 0 bridgehead atoms. The minimum atomic E-state index is -1.50. The summed E-state index contributed by atoms with van der Waals surface area (Å²) in [5.41, 5.74) is 1.66. The van der Waals surface area contributed by atoms with E-state index in [1.54, 1.807) is 23.9 Å². The van der Waals surface area contributed by atoms with E-state index in [2.05, 4.69) is 26.9 Å². The third kappa shape index (κ3) is 4.02. The summed E-state index contributed by atoms with van der Waals surface area (Å²) >= 11 is 0. The van der Waals surface area contributed by atoms with Gasteiger partial charge in [-0.1, -0.05) is 36.1 Å². The van der Waals surface area contributed by atoms with Crippen molar-refractivity contribution in [3.05, 3.63) is 83.6 Å². The van der Waals surface area contributed by atoms with E-state index in [9.17, 15) is 9.90 Å². The zero-order valence-electron chi connectivity index (χ0n) is 17.3. The van der Waals surface area contributed by atoms with Crippen molar-refractivity contribution >= 4 is 16.9 Å². The Morgan fingerprint density at radius 1 is 1.16 bits per heavy atom. The fraction of sp³-hybridized carbons (Fsp3) is 0.167. The molecule has 0 aliphatic rings. The largest absolute Gasteiger partial charge is 0.464 e. The number of hydrogen-bond acceptors (Lipinski definition) is 6. The summed E-state index contributed by atoms with van der Waals surface area (Å²) in [5, 5.41) is 15.9. The van der Waals surface area contributed by atoms with Crippen LogP contribution in [-0.4, -0.2) is 37.9 Å². The van der Waals surface area contributed by atoms with E-state index in [1.807, 2.05) is 55.5 Å². The number of benzene rings is 2. The van der Waals surface area contributed by atoms with Crippen LogP contribution in [-0.2, 0) is 10.3 Å². The number of aromatic nitrogens is 4. The number of rotatable bonds is 3. The first-order valence-electron chi connectivity index (χ1n) is 9.61. The van der Waals surface area contributed by atoms with E-state index in [4.69, 9.17) is 4.74 Å². The van der Waals surface area contributed by atoms with Crippen LogP contribution in [0.5, 0.6) is 0 Å². The fourth-order valence-corrected chi connectivity index (χ4v) is 3.16. The van der Waals surface area contributed by atoms with Crippen LogP contribution in [0.4, 0.5) is 0 Å². The SMILES string of the molecule is COC(=O)c1nn(-c2cccc(C#C[C@@](C)(O)c3nccc(C)n3)c2)c2ccccc12. The van der Waals surface area contributed by atoms with Crippen molar-refractivity contribution in [2.24, 2.45) is 0 Å². The Kier molecular flexibility index (Phi) is 5.24. The smallest absolute Gasteiger partial charge is 0.359 e. The highest BCUT2D eigenvalue weighted by Gasteiger charge is 2.23. The number of methoxy groups -OCH3 is 1. The first-order chi connectivity index (χ1) is 14.9. The predicted octanol–water partition coefficient (Wildman–Crippen LogP) is 3.17. The van der Waals surface area contributed by atoms with Crippen LogP contribution in [0.3, 0.4) is 0 Å². The van der Waals surface area contributed by atoms with E-state index in [0.29, 0.717) is 10.9 Å². The van der Waals surface area contributed by atoms with Gasteiger partial charge < -0.3 is 9.84 Å². The molecule has 7 heteroatoms. The molecule has 0 aliphatic carbocycles. The van der Waals surface area contributed by atoms with Gasteiger partial charge in [0.2, 0.25) is 0 Å². The van der Waals surface area contributed by atoms with E-state index < -0.39 is 11.6 Å². The average Bonchev–Trinajstić information content (AvgIpc) is 3.17. The predicted molar refractivity (Wildman–Crippen MR) is 116 cm³/mol. The Balaban J connectivity index is 1.74. The average molecular weight is 412 g/mol. The fourth-order valence-electron chi connectivity index (χ4n) is 3.16. The molecule has 0 amide bonds. The lowest BCUT2D eigenvalue weighted by atomic mass is 10.1. The van der Waals surface area contributed by atoms with Gasteiger partial charge in [0.15, 0.2) is 17.1 Å². The van der Waals surface area contributed by atoms with Crippen LogP contribution in [0.2, 0.25) is 0 Å². The lowest BCUT2D eigenvalue weighted by molar-refractivity contribution is 0.0595. The topological polar surface area (TPSA) is 90.1 Å². The number of nitrogens with zero attached hydrogens (tertiary/aromatic N) is 4. The van der Waals surface area contributed by atoms with Gasteiger partial charge in [-0.15, -0.1) is 0 Å². The number of esters is 1. The van der Waals surface area contributed by atoms with Crippen LogP contribution in [0.15, 0.2) is 60.8 Å². The molecule has 4 aromatic rings. The molecule has 1 atom stereocenters. The molecular formula is C24H20N4O3. The maximum Gasteiger partial charge on any atom is 0.359 e. The number of carbonyl (C=O) groups is 1. The van der Waals surface area contributed by atoms with Crippen molar-refractivity contribution in [2.45, 2.75) is 19.4 Å². The summed E-state index contributed by atoms with van der Waals surface area (Å²) in [7, 11) is 1.33. The Labute approximate surface area is 179 Å². The molecule has 0 saturated carbocycles. The Hall–Kier alpha value is -4.02. The van der Waals surface area contributed by atoms with Crippen LogP contribution in [0.25, 0.3) is 16.6 Å². The van der Waals surface area contributed by atoms with Gasteiger partial charge in [-0.05, 0) is 44.2 Å². The van der Waals surface area contributed by atoms with E-state index in [-0.39, 0.29) is 11.5 Å². The zero-order chi connectivity index (χ0) is 22.0. The number of fused-ring (bicyclic) bond motifs is 1. The van der Waals surface area contributed by atoms with Crippen molar-refractivity contribution < 1.29 is 14.6 Å². The highest BCUT2D eigenvalue weighted by atomic mass is 16.5. The summed E-state index contributed by atoms with van der Waals surface area (Å²) in [6.07, 6.45) is 1.59. The maximum absolute atomic E-state index is 12.2. The minimum absolute atomic E-state index is 0.245. The molecule has 154 valence electrons. The van der Waals surface area contributed by atoms with E-state index in [1.165, 1.54) is 7.11 Å². The van der Waals surface area contributed by atoms with Crippen LogP contribution >= 0.6 is 0 Å². The van der Waals surface area contributed by atoms with Crippen molar-refractivity contribution in [3.63, 3.8) is 0 Å². The first kappa shape index (κ1) is 20.3. The van der Waals surface area contributed by atoms with Gasteiger partial charge in [0.25, 0.3) is 0 Å². The van der Waals surface area contributed by atoms with Gasteiger partial charge in [-0.25, -0.2) is 19.4 Å². The van der Waals surface area contributed by atoms with E-state index in [0.717, 1.165) is 16.9 Å². The molecule has 1 N–H and O–H groups in total. The van der Waals surface area contributed by atoms with Crippen LogP contribution in [0.1, 0.15) is 34.5 Å². The summed E-state index contributed by atoms with van der Waals surface area (Å²) in [5.74, 6) is 5.58. The van der Waals surface area contributed by atoms with E-state index >= 15 is 0 Å². The number of para-hydroxylation sites is 1. The second kappa shape index (κ2) is 8.01. The number of carbonyl (C=O) groups excluding carboxylic acids is 1. The van der Waals surface area contributed by atoms with Gasteiger partial charge >= 0.3 is 5.97 Å². The highest BCUT2D eigenvalue weighted by Crippen LogP contribution is 2.23. The van der Waals surface area contributed by atoms with Crippen molar-refractivity contribution in [3.8, 4) is 17.5 Å². The number of aryl methyl sites for hydroxylation is 1. The third-order valence-electron chi connectivity index (χ3n) is 4.74. The van der Waals surface area contributed by atoms with Crippen molar-refractivity contribution in [1.82, 2.24) is 19.7 Å². The van der Waals surface area contributed by atoms with Crippen molar-refractivity contribution in [1.29, 1.82) is 0 Å². The first-order valence-corrected chi connectivity index (χ1v) is 9.61. The molecule has 2 aromatic carbocycles. The van der Waals surface area contributed by atoms with Crippen LogP contribution in [0, 0.1) is 18.8 Å². The monoisotopic (exact) mass is 412 g/mol. The van der Waals surface area contributed by atoms with Crippen LogP contribution < -0.4 is 0 Å². The molecule has 2 heterocycles. The van der Waals surface area contributed by atoms with Gasteiger partial charge in [0.05, 0.1) is 18.3 Å². The van der Waals surface area contributed by atoms with Gasteiger partial charge in [0.1, 0.15) is 0 Å². The third-order valence-corrected chi connectivity index (χ3v) is 4.74. The number of hydrogen-bond donors (Lipinski definition) is 1. The lowest BCUT2D eigenvalue weighted by Gasteiger charge is -2.14. The molecule has 7 nitrogen and oxygen atoms in total. The Morgan fingerprint density at radius 2 is 1.97 bits per heavy atom.